The van der Waals surface area contributed by atoms with Crippen molar-refractivity contribution in [3.63, 3.8) is 0 Å². The quantitative estimate of drug-likeness (QED) is 0.721. The maximum Gasteiger partial charge on any atom is 0.303 e. The molecule has 0 spiro atoms. The van der Waals surface area contributed by atoms with Gasteiger partial charge in [0.05, 0.1) is 0 Å². The van der Waals surface area contributed by atoms with Crippen LogP contribution in [-0.2, 0) is 4.79 Å². The molecule has 0 amide bonds. The SMILES string of the molecule is CN1CCN(CCCCC(=O)O)CC1.Cl. The molecule has 0 unspecified atom stereocenters. The molecule has 0 saturated carbocycles. The summed E-state index contributed by atoms with van der Waals surface area (Å²) in [6.07, 6.45) is 2.13. The van der Waals surface area contributed by atoms with Gasteiger partial charge in [0.25, 0.3) is 0 Å². The minimum atomic E-state index is -0.677. The van der Waals surface area contributed by atoms with E-state index in [0.717, 1.165) is 45.6 Å². The van der Waals surface area contributed by atoms with Crippen molar-refractivity contribution in [3.05, 3.63) is 0 Å². The summed E-state index contributed by atoms with van der Waals surface area (Å²) in [5.41, 5.74) is 0. The van der Waals surface area contributed by atoms with Crippen LogP contribution < -0.4 is 0 Å². The second-order valence-corrected chi connectivity index (χ2v) is 4.00. The van der Waals surface area contributed by atoms with E-state index in [1.54, 1.807) is 0 Å². The molecule has 1 aliphatic rings. The Bertz CT molecular complexity index is 182. The highest BCUT2D eigenvalue weighted by atomic mass is 35.5. The first-order valence-electron chi connectivity index (χ1n) is 5.31. The Morgan fingerprint density at radius 1 is 1.20 bits per heavy atom. The number of likely N-dealkylation sites (N-methyl/N-ethyl adjacent to an activating group) is 1. The van der Waals surface area contributed by atoms with Crippen LogP contribution in [-0.4, -0.2) is 60.6 Å². The number of carboxylic acids is 1. The van der Waals surface area contributed by atoms with Gasteiger partial charge in [-0.05, 0) is 26.4 Å². The van der Waals surface area contributed by atoms with E-state index in [1.165, 1.54) is 0 Å². The lowest BCUT2D eigenvalue weighted by atomic mass is 10.2. The standard InChI is InChI=1S/C10H20N2O2.ClH/c1-11-6-8-12(9-7-11)5-3-2-4-10(13)14;/h2-9H2,1H3,(H,13,14);1H. The fourth-order valence-corrected chi connectivity index (χ4v) is 1.68. The Labute approximate surface area is 97.6 Å². The summed E-state index contributed by atoms with van der Waals surface area (Å²) in [6, 6.07) is 0. The number of unbranched alkanes of at least 4 members (excludes halogenated alkanes) is 1. The number of carbonyl (C=O) groups is 1. The second kappa shape index (κ2) is 7.91. The highest BCUT2D eigenvalue weighted by Crippen LogP contribution is 2.03. The highest BCUT2D eigenvalue weighted by molar-refractivity contribution is 5.85. The third kappa shape index (κ3) is 6.71. The number of nitrogens with zero attached hydrogens (tertiary/aromatic N) is 2. The van der Waals surface area contributed by atoms with Gasteiger partial charge in [-0.1, -0.05) is 0 Å². The topological polar surface area (TPSA) is 43.8 Å². The molecule has 0 aromatic carbocycles. The van der Waals surface area contributed by atoms with E-state index in [-0.39, 0.29) is 12.4 Å². The molecule has 0 atom stereocenters. The van der Waals surface area contributed by atoms with Gasteiger partial charge >= 0.3 is 5.97 Å². The summed E-state index contributed by atoms with van der Waals surface area (Å²) in [6.45, 7) is 5.59. The van der Waals surface area contributed by atoms with Crippen LogP contribution in [0, 0.1) is 0 Å². The molecule has 1 N–H and O–H groups in total. The average Bonchev–Trinajstić information content (AvgIpc) is 2.15. The van der Waals surface area contributed by atoms with Crippen molar-refractivity contribution in [3.8, 4) is 0 Å². The Morgan fingerprint density at radius 2 is 1.80 bits per heavy atom. The van der Waals surface area contributed by atoms with E-state index in [2.05, 4.69) is 16.8 Å². The normalized spacial score (nSPS) is 18.5. The van der Waals surface area contributed by atoms with Gasteiger partial charge in [0.2, 0.25) is 0 Å². The predicted octanol–water partition coefficient (Wildman–Crippen LogP) is 0.910. The zero-order chi connectivity index (χ0) is 10.4. The molecular weight excluding hydrogens is 216 g/mol. The zero-order valence-corrected chi connectivity index (χ0v) is 10.1. The number of carboxylic acid groups (broad SMARTS) is 1. The molecule has 1 saturated heterocycles. The minimum absolute atomic E-state index is 0. The largest absolute Gasteiger partial charge is 0.481 e. The predicted molar refractivity (Wildman–Crippen MR) is 62.7 cm³/mol. The number of piperazine rings is 1. The maximum atomic E-state index is 10.3. The molecule has 0 bridgehead atoms. The van der Waals surface area contributed by atoms with Crippen LogP contribution >= 0.6 is 12.4 Å². The number of halogens is 1. The molecule has 1 heterocycles. The average molecular weight is 237 g/mol. The molecular formula is C10H21ClN2O2. The summed E-state index contributed by atoms with van der Waals surface area (Å²) >= 11 is 0. The molecule has 1 aliphatic heterocycles. The summed E-state index contributed by atoms with van der Waals surface area (Å²) in [5, 5.41) is 8.46. The van der Waals surface area contributed by atoms with Crippen molar-refractivity contribution in [1.82, 2.24) is 9.80 Å². The first kappa shape index (κ1) is 14.7. The molecule has 4 nitrogen and oxygen atoms in total. The van der Waals surface area contributed by atoms with Crippen LogP contribution in [0.25, 0.3) is 0 Å². The van der Waals surface area contributed by atoms with Crippen LogP contribution in [0.3, 0.4) is 0 Å². The van der Waals surface area contributed by atoms with E-state index in [1.807, 2.05) is 0 Å². The minimum Gasteiger partial charge on any atom is -0.481 e. The van der Waals surface area contributed by atoms with Gasteiger partial charge in [0.15, 0.2) is 0 Å². The summed E-state index contributed by atoms with van der Waals surface area (Å²) in [4.78, 5) is 15.0. The van der Waals surface area contributed by atoms with E-state index in [9.17, 15) is 4.79 Å². The molecule has 5 heteroatoms. The molecule has 90 valence electrons. The van der Waals surface area contributed by atoms with Crippen LogP contribution in [0.1, 0.15) is 19.3 Å². The number of hydrogen-bond acceptors (Lipinski definition) is 3. The third-order valence-corrected chi connectivity index (χ3v) is 2.71. The lowest BCUT2D eigenvalue weighted by molar-refractivity contribution is -0.137. The first-order chi connectivity index (χ1) is 6.68. The molecule has 1 rings (SSSR count). The van der Waals surface area contributed by atoms with E-state index >= 15 is 0 Å². The first-order valence-corrected chi connectivity index (χ1v) is 5.31. The van der Waals surface area contributed by atoms with Gasteiger partial charge in [-0.3, -0.25) is 4.79 Å². The molecule has 0 radical (unpaired) electrons. The summed E-state index contributed by atoms with van der Waals surface area (Å²) < 4.78 is 0. The van der Waals surface area contributed by atoms with Crippen molar-refractivity contribution in [1.29, 1.82) is 0 Å². The Balaban J connectivity index is 0.00000196. The molecule has 0 aromatic heterocycles. The van der Waals surface area contributed by atoms with Crippen LogP contribution in [0.5, 0.6) is 0 Å². The van der Waals surface area contributed by atoms with Crippen molar-refractivity contribution in [2.24, 2.45) is 0 Å². The number of aliphatic carboxylic acids is 1. The van der Waals surface area contributed by atoms with Crippen molar-refractivity contribution < 1.29 is 9.90 Å². The summed E-state index contributed by atoms with van der Waals surface area (Å²) in [7, 11) is 2.14. The molecule has 0 aromatic rings. The lowest BCUT2D eigenvalue weighted by Gasteiger charge is -2.32. The van der Waals surface area contributed by atoms with Gasteiger partial charge in [0.1, 0.15) is 0 Å². The number of rotatable bonds is 5. The zero-order valence-electron chi connectivity index (χ0n) is 9.31. The van der Waals surface area contributed by atoms with Gasteiger partial charge < -0.3 is 14.9 Å². The van der Waals surface area contributed by atoms with Gasteiger partial charge in [-0.25, -0.2) is 0 Å². The Hall–Kier alpha value is -0.320. The van der Waals surface area contributed by atoms with Crippen LogP contribution in [0.15, 0.2) is 0 Å². The Morgan fingerprint density at radius 3 is 2.33 bits per heavy atom. The van der Waals surface area contributed by atoms with E-state index in [4.69, 9.17) is 5.11 Å². The van der Waals surface area contributed by atoms with Gasteiger partial charge in [0, 0.05) is 32.6 Å². The maximum absolute atomic E-state index is 10.3. The molecule has 15 heavy (non-hydrogen) atoms. The van der Waals surface area contributed by atoms with E-state index < -0.39 is 5.97 Å². The fourth-order valence-electron chi connectivity index (χ4n) is 1.68. The second-order valence-electron chi connectivity index (χ2n) is 4.00. The van der Waals surface area contributed by atoms with Gasteiger partial charge in [-0.15, -0.1) is 12.4 Å². The van der Waals surface area contributed by atoms with Crippen LogP contribution in [0.4, 0.5) is 0 Å². The van der Waals surface area contributed by atoms with Crippen molar-refractivity contribution >= 4 is 18.4 Å². The van der Waals surface area contributed by atoms with Gasteiger partial charge in [-0.2, -0.15) is 0 Å². The van der Waals surface area contributed by atoms with Crippen molar-refractivity contribution in [2.75, 3.05) is 39.8 Å². The smallest absolute Gasteiger partial charge is 0.303 e. The Kier molecular flexibility index (Phi) is 7.74. The van der Waals surface area contributed by atoms with Crippen LogP contribution in [0.2, 0.25) is 0 Å². The molecule has 0 aliphatic carbocycles. The fraction of sp³-hybridized carbons (Fsp3) is 0.900. The third-order valence-electron chi connectivity index (χ3n) is 2.71. The molecule has 1 fully saturated rings. The summed E-state index contributed by atoms with van der Waals surface area (Å²) in [5.74, 6) is -0.677. The highest BCUT2D eigenvalue weighted by Gasteiger charge is 2.12. The lowest BCUT2D eigenvalue weighted by Crippen LogP contribution is -2.44. The number of hydrogen-bond donors (Lipinski definition) is 1. The van der Waals surface area contributed by atoms with Crippen molar-refractivity contribution in [2.45, 2.75) is 19.3 Å². The van der Waals surface area contributed by atoms with E-state index in [0.29, 0.717) is 6.42 Å². The monoisotopic (exact) mass is 236 g/mol.